The average molecular weight is 337 g/mol. The summed E-state index contributed by atoms with van der Waals surface area (Å²) < 4.78 is 18.9. The highest BCUT2D eigenvalue weighted by Crippen LogP contribution is 2.16. The minimum absolute atomic E-state index is 0.0125. The molecule has 2 rings (SSSR count). The van der Waals surface area contributed by atoms with Gasteiger partial charge in [-0.05, 0) is 45.4 Å². The largest absolute Gasteiger partial charge is 0.444 e. The van der Waals surface area contributed by atoms with Crippen molar-refractivity contribution >= 4 is 17.7 Å². The number of carbonyl (C=O) groups excluding carboxylic acids is 2. The predicted molar refractivity (Wildman–Crippen MR) is 89.1 cm³/mol. The van der Waals surface area contributed by atoms with Gasteiger partial charge in [0.1, 0.15) is 11.4 Å². The molecule has 1 saturated heterocycles. The Hall–Kier alpha value is -2.31. The highest BCUT2D eigenvalue weighted by Gasteiger charge is 2.26. The molecule has 6 nitrogen and oxygen atoms in total. The first kappa shape index (κ1) is 18.0. The Morgan fingerprint density at radius 2 is 1.75 bits per heavy atom. The van der Waals surface area contributed by atoms with E-state index in [0.29, 0.717) is 32.6 Å². The molecule has 0 aliphatic carbocycles. The second kappa shape index (κ2) is 7.07. The SMILES string of the molecule is CC(C)(C)OC(=O)N1CCCN(C(=O)c2ccc(N)c(F)c2)CC1. The molecule has 0 unspecified atom stereocenters. The van der Waals surface area contributed by atoms with Crippen LogP contribution in [0.1, 0.15) is 37.6 Å². The number of nitrogen functional groups attached to an aromatic ring is 1. The molecule has 1 heterocycles. The highest BCUT2D eigenvalue weighted by molar-refractivity contribution is 5.94. The second-order valence-corrected chi connectivity index (χ2v) is 6.85. The molecule has 7 heteroatoms. The van der Waals surface area contributed by atoms with Crippen LogP contribution >= 0.6 is 0 Å². The van der Waals surface area contributed by atoms with E-state index in [1.807, 2.05) is 20.8 Å². The van der Waals surface area contributed by atoms with Gasteiger partial charge in [-0.15, -0.1) is 0 Å². The summed E-state index contributed by atoms with van der Waals surface area (Å²) in [6, 6.07) is 4.04. The summed E-state index contributed by atoms with van der Waals surface area (Å²) >= 11 is 0. The summed E-state index contributed by atoms with van der Waals surface area (Å²) in [5.41, 5.74) is 5.15. The van der Waals surface area contributed by atoms with Crippen LogP contribution in [0.2, 0.25) is 0 Å². The van der Waals surface area contributed by atoms with E-state index in [4.69, 9.17) is 10.5 Å². The summed E-state index contributed by atoms with van der Waals surface area (Å²) in [4.78, 5) is 27.9. The van der Waals surface area contributed by atoms with E-state index in [1.54, 1.807) is 9.80 Å². The van der Waals surface area contributed by atoms with E-state index in [2.05, 4.69) is 0 Å². The monoisotopic (exact) mass is 337 g/mol. The Bertz CT molecular complexity index is 628. The van der Waals surface area contributed by atoms with Crippen LogP contribution in [0.4, 0.5) is 14.9 Å². The topological polar surface area (TPSA) is 75.9 Å². The second-order valence-electron chi connectivity index (χ2n) is 6.85. The lowest BCUT2D eigenvalue weighted by Gasteiger charge is -2.26. The van der Waals surface area contributed by atoms with E-state index < -0.39 is 11.4 Å². The molecule has 1 aliphatic rings. The number of anilines is 1. The van der Waals surface area contributed by atoms with E-state index in [0.717, 1.165) is 6.07 Å². The zero-order valence-electron chi connectivity index (χ0n) is 14.3. The van der Waals surface area contributed by atoms with E-state index in [-0.39, 0.29) is 23.3 Å². The van der Waals surface area contributed by atoms with Crippen molar-refractivity contribution in [1.29, 1.82) is 0 Å². The number of hydrogen-bond donors (Lipinski definition) is 1. The van der Waals surface area contributed by atoms with Crippen molar-refractivity contribution in [3.63, 3.8) is 0 Å². The van der Waals surface area contributed by atoms with Crippen molar-refractivity contribution in [1.82, 2.24) is 9.80 Å². The zero-order valence-corrected chi connectivity index (χ0v) is 14.3. The number of amides is 2. The predicted octanol–water partition coefficient (Wildman–Crippen LogP) is 2.49. The third kappa shape index (κ3) is 4.59. The maximum absolute atomic E-state index is 13.5. The first-order valence-electron chi connectivity index (χ1n) is 7.99. The number of benzene rings is 1. The number of halogens is 1. The average Bonchev–Trinajstić information content (AvgIpc) is 2.73. The van der Waals surface area contributed by atoms with Crippen molar-refractivity contribution in [2.75, 3.05) is 31.9 Å². The number of ether oxygens (including phenoxy) is 1. The molecular weight excluding hydrogens is 313 g/mol. The number of hydrogen-bond acceptors (Lipinski definition) is 4. The van der Waals surface area contributed by atoms with E-state index >= 15 is 0 Å². The smallest absolute Gasteiger partial charge is 0.410 e. The molecule has 1 fully saturated rings. The molecule has 1 aliphatic heterocycles. The van der Waals surface area contributed by atoms with Crippen LogP contribution in [0.25, 0.3) is 0 Å². The molecule has 0 saturated carbocycles. The Kier molecular flexibility index (Phi) is 5.31. The fraction of sp³-hybridized carbons (Fsp3) is 0.529. The summed E-state index contributed by atoms with van der Waals surface area (Å²) in [6.07, 6.45) is 0.262. The van der Waals surface area contributed by atoms with Gasteiger partial charge in [0.25, 0.3) is 5.91 Å². The molecule has 1 aromatic carbocycles. The molecule has 0 aromatic heterocycles. The first-order valence-corrected chi connectivity index (χ1v) is 7.99. The van der Waals surface area contributed by atoms with E-state index in [9.17, 15) is 14.0 Å². The van der Waals surface area contributed by atoms with Gasteiger partial charge in [0.05, 0.1) is 5.69 Å². The summed E-state index contributed by atoms with van der Waals surface area (Å²) in [5.74, 6) is -0.869. The van der Waals surface area contributed by atoms with Crippen LogP contribution in [-0.2, 0) is 4.74 Å². The molecule has 0 atom stereocenters. The lowest BCUT2D eigenvalue weighted by atomic mass is 10.1. The van der Waals surface area contributed by atoms with Gasteiger partial charge in [-0.2, -0.15) is 0 Å². The molecule has 24 heavy (non-hydrogen) atoms. The Balaban J connectivity index is 2.01. The lowest BCUT2D eigenvalue weighted by molar-refractivity contribution is 0.0255. The van der Waals surface area contributed by atoms with Crippen LogP contribution in [0, 0.1) is 5.82 Å². The van der Waals surface area contributed by atoms with Crippen LogP contribution < -0.4 is 5.73 Å². The maximum Gasteiger partial charge on any atom is 0.410 e. The van der Waals surface area contributed by atoms with E-state index in [1.165, 1.54) is 12.1 Å². The van der Waals surface area contributed by atoms with Gasteiger partial charge in [-0.3, -0.25) is 4.79 Å². The van der Waals surface area contributed by atoms with Crippen molar-refractivity contribution in [2.45, 2.75) is 32.8 Å². The molecule has 0 radical (unpaired) electrons. The molecule has 1 aromatic rings. The first-order chi connectivity index (χ1) is 11.2. The highest BCUT2D eigenvalue weighted by atomic mass is 19.1. The van der Waals surface area contributed by atoms with Gasteiger partial charge < -0.3 is 20.3 Å². The molecule has 2 amide bonds. The standard InChI is InChI=1S/C17H24FN3O3/c1-17(2,3)24-16(23)21-8-4-7-20(9-10-21)15(22)12-5-6-14(19)13(18)11-12/h5-6,11H,4,7-10,19H2,1-3H3. The number of carbonyl (C=O) groups is 2. The van der Waals surface area contributed by atoms with Gasteiger partial charge in [0.2, 0.25) is 0 Å². The summed E-state index contributed by atoms with van der Waals surface area (Å²) in [6.45, 7) is 7.23. The van der Waals surface area contributed by atoms with Crippen molar-refractivity contribution in [2.24, 2.45) is 0 Å². The van der Waals surface area contributed by atoms with Crippen LogP contribution in [0.5, 0.6) is 0 Å². The summed E-state index contributed by atoms with van der Waals surface area (Å²) in [5, 5.41) is 0. The molecule has 0 spiro atoms. The quantitative estimate of drug-likeness (QED) is 0.799. The molecule has 2 N–H and O–H groups in total. The third-order valence-electron chi connectivity index (χ3n) is 3.68. The zero-order chi connectivity index (χ0) is 17.9. The molecule has 132 valence electrons. The normalized spacial score (nSPS) is 15.8. The number of nitrogens with zero attached hydrogens (tertiary/aromatic N) is 2. The van der Waals surface area contributed by atoms with Crippen molar-refractivity contribution < 1.29 is 18.7 Å². The third-order valence-corrected chi connectivity index (χ3v) is 3.68. The van der Waals surface area contributed by atoms with Gasteiger partial charge in [-0.25, -0.2) is 9.18 Å². The number of rotatable bonds is 1. The lowest BCUT2D eigenvalue weighted by Crippen LogP contribution is -2.40. The Morgan fingerprint density at radius 3 is 2.38 bits per heavy atom. The minimum Gasteiger partial charge on any atom is -0.444 e. The van der Waals surface area contributed by atoms with Crippen molar-refractivity contribution in [3.8, 4) is 0 Å². The molecule has 0 bridgehead atoms. The van der Waals surface area contributed by atoms with Crippen molar-refractivity contribution in [3.05, 3.63) is 29.6 Å². The fourth-order valence-corrected chi connectivity index (χ4v) is 2.47. The maximum atomic E-state index is 13.5. The molecular formula is C17H24FN3O3. The number of nitrogens with two attached hydrogens (primary N) is 1. The van der Waals surface area contributed by atoms with Gasteiger partial charge in [0, 0.05) is 31.7 Å². The summed E-state index contributed by atoms with van der Waals surface area (Å²) in [7, 11) is 0. The van der Waals surface area contributed by atoms with Gasteiger partial charge >= 0.3 is 6.09 Å². The Morgan fingerprint density at radius 1 is 1.12 bits per heavy atom. The minimum atomic E-state index is -0.606. The van der Waals surface area contributed by atoms with Crippen LogP contribution in [0.15, 0.2) is 18.2 Å². The van der Waals surface area contributed by atoms with Crippen LogP contribution in [0.3, 0.4) is 0 Å². The van der Waals surface area contributed by atoms with Gasteiger partial charge in [-0.1, -0.05) is 0 Å². The van der Waals surface area contributed by atoms with Gasteiger partial charge in [0.15, 0.2) is 0 Å². The Labute approximate surface area is 141 Å². The fourth-order valence-electron chi connectivity index (χ4n) is 2.47. The van der Waals surface area contributed by atoms with Crippen LogP contribution in [-0.4, -0.2) is 53.6 Å².